The van der Waals surface area contributed by atoms with E-state index in [1.54, 1.807) is 6.20 Å². The van der Waals surface area contributed by atoms with E-state index in [1.807, 2.05) is 11.1 Å². The largest absolute Gasteiger partial charge is 0.371 e. The first-order chi connectivity index (χ1) is 26.8. The van der Waals surface area contributed by atoms with Crippen LogP contribution in [-0.2, 0) is 9.59 Å². The van der Waals surface area contributed by atoms with E-state index < -0.39 is 0 Å². The molecule has 2 atom stereocenters. The fraction of sp³-hybridized carbons (Fsp3) is 0.733. The third-order valence-electron chi connectivity index (χ3n) is 11.2. The highest BCUT2D eigenvalue weighted by Gasteiger charge is 2.41. The van der Waals surface area contributed by atoms with Crippen LogP contribution in [0.1, 0.15) is 192 Å². The highest BCUT2D eigenvalue weighted by Crippen LogP contribution is 2.43. The Morgan fingerprint density at radius 1 is 0.691 bits per heavy atom. The molecule has 0 fully saturated rings. The molecular formula is C45H72Br2N4O2S2. The molecule has 1 amide bonds. The maximum absolute atomic E-state index is 15.1. The number of unbranched alkanes of at least 4 members (excludes halogenated alkanes) is 16. The standard InChI is InChI=1S/C45H72Br2N4O2S2/c1-6-10-14-18-20-24-27-35(26-22-16-12-8-3)32-50(5)42(44-49-31-39(47)55-44)40-37(34-52)41(43-48-30-38(46)54-43)51(45(40)53)33-36(28-23-17-13-9-4)29-25-21-19-15-11-7-2/h30-31,34-36H,6-29,32-33H2,1-5H3/b42-40+. The predicted molar refractivity (Wildman–Crippen MR) is 244 cm³/mol. The molecule has 0 aliphatic carbocycles. The van der Waals surface area contributed by atoms with Gasteiger partial charge in [0.15, 0.2) is 6.29 Å². The van der Waals surface area contributed by atoms with E-state index in [1.165, 1.54) is 164 Å². The van der Waals surface area contributed by atoms with E-state index in [4.69, 9.17) is 9.97 Å². The minimum Gasteiger partial charge on any atom is -0.371 e. The highest BCUT2D eigenvalue weighted by molar-refractivity contribution is 9.11. The predicted octanol–water partition coefficient (Wildman–Crippen LogP) is 14.9. The summed E-state index contributed by atoms with van der Waals surface area (Å²) in [6.45, 7) is 10.5. The second kappa shape index (κ2) is 28.1. The Balaban J connectivity index is 2.04. The van der Waals surface area contributed by atoms with Gasteiger partial charge in [0, 0.05) is 20.1 Å². The Morgan fingerprint density at radius 3 is 1.60 bits per heavy atom. The zero-order chi connectivity index (χ0) is 39.8. The van der Waals surface area contributed by atoms with E-state index in [2.05, 4.69) is 71.5 Å². The van der Waals surface area contributed by atoms with Crippen LogP contribution in [0.4, 0.5) is 0 Å². The Bertz CT molecular complexity index is 1450. The molecule has 0 radical (unpaired) electrons. The summed E-state index contributed by atoms with van der Waals surface area (Å²) in [4.78, 5) is 42.4. The summed E-state index contributed by atoms with van der Waals surface area (Å²) in [5, 5.41) is 1.48. The number of amides is 1. The number of aldehydes is 1. The van der Waals surface area contributed by atoms with E-state index in [9.17, 15) is 4.79 Å². The lowest BCUT2D eigenvalue weighted by Gasteiger charge is -2.29. The molecule has 0 N–H and O–H groups in total. The van der Waals surface area contributed by atoms with Crippen molar-refractivity contribution in [2.24, 2.45) is 11.8 Å². The minimum atomic E-state index is -0.0893. The number of carbonyl (C=O) groups excluding carboxylic acids is 2. The Labute approximate surface area is 360 Å². The summed E-state index contributed by atoms with van der Waals surface area (Å²) in [6.07, 6.45) is 34.1. The number of thiazole rings is 2. The molecule has 2 unspecified atom stereocenters. The lowest BCUT2D eigenvalue weighted by atomic mass is 9.93. The Morgan fingerprint density at radius 2 is 1.15 bits per heavy atom. The van der Waals surface area contributed by atoms with Gasteiger partial charge in [0.1, 0.15) is 10.0 Å². The Hall–Kier alpha value is -1.36. The molecule has 3 rings (SSSR count). The van der Waals surface area contributed by atoms with Crippen LogP contribution in [0.15, 0.2) is 31.1 Å². The monoisotopic (exact) mass is 922 g/mol. The van der Waals surface area contributed by atoms with Crippen LogP contribution >= 0.6 is 54.5 Å². The van der Waals surface area contributed by atoms with E-state index in [-0.39, 0.29) is 5.91 Å². The summed E-state index contributed by atoms with van der Waals surface area (Å²) in [5.41, 5.74) is 2.36. The van der Waals surface area contributed by atoms with Gasteiger partial charge in [0.25, 0.3) is 5.91 Å². The molecule has 3 heterocycles. The third-order valence-corrected chi connectivity index (χ3v) is 14.2. The normalized spacial score (nSPS) is 15.3. The molecule has 2 aromatic heterocycles. The van der Waals surface area contributed by atoms with Gasteiger partial charge in [-0.2, -0.15) is 0 Å². The van der Waals surface area contributed by atoms with Gasteiger partial charge in [0.2, 0.25) is 0 Å². The quantitative estimate of drug-likeness (QED) is 0.0415. The van der Waals surface area contributed by atoms with Gasteiger partial charge in [-0.05, 0) is 69.4 Å². The van der Waals surface area contributed by atoms with E-state index in [0.29, 0.717) is 40.2 Å². The molecule has 1 aliphatic heterocycles. The van der Waals surface area contributed by atoms with Gasteiger partial charge in [0.05, 0.1) is 42.5 Å². The lowest BCUT2D eigenvalue weighted by molar-refractivity contribution is -0.123. The second-order valence-corrected chi connectivity index (χ2v) is 20.7. The van der Waals surface area contributed by atoms with Crippen molar-refractivity contribution in [3.8, 4) is 0 Å². The molecule has 0 saturated carbocycles. The fourth-order valence-electron chi connectivity index (χ4n) is 8.09. The maximum atomic E-state index is 15.1. The van der Waals surface area contributed by atoms with Crippen molar-refractivity contribution in [2.45, 2.75) is 182 Å². The summed E-state index contributed by atoms with van der Waals surface area (Å²) < 4.78 is 1.79. The van der Waals surface area contributed by atoms with Crippen LogP contribution in [0, 0.1) is 11.8 Å². The van der Waals surface area contributed by atoms with E-state index >= 15 is 4.79 Å². The number of nitrogens with zero attached hydrogens (tertiary/aromatic N) is 4. The molecular weight excluding hydrogens is 852 g/mol. The van der Waals surface area contributed by atoms with Crippen LogP contribution in [0.2, 0.25) is 0 Å². The molecule has 10 heteroatoms. The molecule has 6 nitrogen and oxygen atoms in total. The van der Waals surface area contributed by atoms with Gasteiger partial charge in [-0.15, -0.1) is 22.7 Å². The number of hydrogen-bond donors (Lipinski definition) is 0. The van der Waals surface area contributed by atoms with Gasteiger partial charge in [-0.3, -0.25) is 9.59 Å². The smallest absolute Gasteiger partial charge is 0.261 e. The average Bonchev–Trinajstić information content (AvgIpc) is 3.88. The summed E-state index contributed by atoms with van der Waals surface area (Å²) >= 11 is 10.3. The van der Waals surface area contributed by atoms with Crippen molar-refractivity contribution >= 4 is 78.1 Å². The topological polar surface area (TPSA) is 66.4 Å². The molecule has 310 valence electrons. The van der Waals surface area contributed by atoms with Crippen molar-refractivity contribution in [1.29, 1.82) is 0 Å². The van der Waals surface area contributed by atoms with Gasteiger partial charge >= 0.3 is 0 Å². The number of hydrogen-bond acceptors (Lipinski definition) is 7. The zero-order valence-electron chi connectivity index (χ0n) is 34.9. The van der Waals surface area contributed by atoms with Gasteiger partial charge in [-0.1, -0.05) is 156 Å². The minimum absolute atomic E-state index is 0.0893. The molecule has 0 bridgehead atoms. The highest BCUT2D eigenvalue weighted by atomic mass is 79.9. The average molecular weight is 925 g/mol. The first kappa shape index (κ1) is 48.0. The number of aromatic nitrogens is 2. The zero-order valence-corrected chi connectivity index (χ0v) is 39.8. The summed E-state index contributed by atoms with van der Waals surface area (Å²) in [7, 11) is 2.12. The second-order valence-electron chi connectivity index (χ2n) is 15.9. The molecule has 0 aromatic carbocycles. The first-order valence-electron chi connectivity index (χ1n) is 22.0. The first-order valence-corrected chi connectivity index (χ1v) is 25.2. The van der Waals surface area contributed by atoms with Gasteiger partial charge in [-0.25, -0.2) is 9.97 Å². The number of carbonyl (C=O) groups is 2. The molecule has 0 spiro atoms. The van der Waals surface area contributed by atoms with E-state index in [0.717, 1.165) is 44.0 Å². The fourth-order valence-corrected chi connectivity index (χ4v) is 10.7. The van der Waals surface area contributed by atoms with Crippen molar-refractivity contribution in [3.05, 3.63) is 41.1 Å². The lowest BCUT2D eigenvalue weighted by Crippen LogP contribution is -2.33. The van der Waals surface area contributed by atoms with Crippen molar-refractivity contribution in [1.82, 2.24) is 19.8 Å². The van der Waals surface area contributed by atoms with Crippen molar-refractivity contribution < 1.29 is 9.59 Å². The van der Waals surface area contributed by atoms with Crippen LogP contribution in [0.5, 0.6) is 0 Å². The molecule has 55 heavy (non-hydrogen) atoms. The van der Waals surface area contributed by atoms with Crippen molar-refractivity contribution in [2.75, 3.05) is 20.1 Å². The van der Waals surface area contributed by atoms with Gasteiger partial charge < -0.3 is 9.80 Å². The van der Waals surface area contributed by atoms with Crippen LogP contribution in [0.25, 0.3) is 11.4 Å². The van der Waals surface area contributed by atoms with Crippen molar-refractivity contribution in [3.63, 3.8) is 0 Å². The summed E-state index contributed by atoms with van der Waals surface area (Å²) in [6, 6.07) is 0. The Kier molecular flexibility index (Phi) is 24.6. The number of halogens is 2. The van der Waals surface area contributed by atoms with Crippen LogP contribution in [-0.4, -0.2) is 52.1 Å². The molecule has 1 aliphatic rings. The maximum Gasteiger partial charge on any atom is 0.261 e. The van der Waals surface area contributed by atoms with Crippen LogP contribution in [0.3, 0.4) is 0 Å². The number of rotatable bonds is 32. The third kappa shape index (κ3) is 16.4. The molecule has 0 saturated heterocycles. The summed E-state index contributed by atoms with van der Waals surface area (Å²) in [5.74, 6) is 0.772. The molecule has 2 aromatic rings. The van der Waals surface area contributed by atoms with Crippen LogP contribution < -0.4 is 0 Å². The SMILES string of the molecule is CCCCCCCCC(CCCCCC)CN1C(=O)/C(=C(\c2ncc(Br)s2)N(C)CC(CCCCCC)CCCCCCCC)C(C=O)=C1c1ncc(Br)s1.